The van der Waals surface area contributed by atoms with Crippen molar-refractivity contribution in [3.8, 4) is 16.3 Å². The van der Waals surface area contributed by atoms with Crippen LogP contribution in [-0.4, -0.2) is 30.1 Å². The Morgan fingerprint density at radius 2 is 2.04 bits per heavy atom. The van der Waals surface area contributed by atoms with E-state index in [0.717, 1.165) is 34.7 Å². The van der Waals surface area contributed by atoms with Crippen molar-refractivity contribution in [1.29, 1.82) is 0 Å². The van der Waals surface area contributed by atoms with Crippen LogP contribution in [0.15, 0.2) is 24.4 Å². The average molecular weight is 351 g/mol. The lowest BCUT2D eigenvalue weighted by Gasteiger charge is -2.34. The maximum atomic E-state index is 6.13. The highest BCUT2D eigenvalue weighted by atomic mass is 35.5. The number of piperidine rings is 1. The van der Waals surface area contributed by atoms with E-state index in [4.69, 9.17) is 16.3 Å². The van der Waals surface area contributed by atoms with Crippen LogP contribution in [0.5, 0.6) is 5.75 Å². The Morgan fingerprint density at radius 1 is 1.30 bits per heavy atom. The first-order valence-corrected chi connectivity index (χ1v) is 9.25. The summed E-state index contributed by atoms with van der Waals surface area (Å²) in [5.74, 6) is 2.37. The van der Waals surface area contributed by atoms with Crippen LogP contribution in [0, 0.1) is 11.8 Å². The van der Waals surface area contributed by atoms with E-state index in [2.05, 4.69) is 23.7 Å². The van der Waals surface area contributed by atoms with E-state index in [1.54, 1.807) is 18.4 Å². The fourth-order valence-corrected chi connectivity index (χ4v) is 4.64. The van der Waals surface area contributed by atoms with E-state index in [0.29, 0.717) is 5.02 Å². The van der Waals surface area contributed by atoms with E-state index in [1.807, 2.05) is 24.4 Å². The van der Waals surface area contributed by atoms with Crippen molar-refractivity contribution >= 4 is 22.9 Å². The van der Waals surface area contributed by atoms with Crippen LogP contribution >= 0.6 is 22.9 Å². The molecule has 1 aromatic heterocycles. The molecule has 1 aromatic carbocycles. The number of benzene rings is 1. The number of thiazole rings is 1. The number of nitrogens with zero attached hydrogens (tertiary/aromatic N) is 2. The molecule has 1 saturated heterocycles. The van der Waals surface area contributed by atoms with Crippen LogP contribution < -0.4 is 4.74 Å². The van der Waals surface area contributed by atoms with Gasteiger partial charge in [0.2, 0.25) is 0 Å². The molecule has 23 heavy (non-hydrogen) atoms. The van der Waals surface area contributed by atoms with Gasteiger partial charge in [0, 0.05) is 35.7 Å². The smallest absolute Gasteiger partial charge is 0.129 e. The third-order valence-corrected chi connectivity index (χ3v) is 5.52. The van der Waals surface area contributed by atoms with Crippen molar-refractivity contribution in [2.45, 2.75) is 26.8 Å². The summed E-state index contributed by atoms with van der Waals surface area (Å²) in [6.07, 6.45) is 3.33. The van der Waals surface area contributed by atoms with Crippen LogP contribution in [0.1, 0.15) is 25.1 Å². The van der Waals surface area contributed by atoms with Gasteiger partial charge in [0.15, 0.2) is 0 Å². The Labute approximate surface area is 147 Å². The van der Waals surface area contributed by atoms with Gasteiger partial charge in [0.05, 0.1) is 12.7 Å². The molecule has 2 heterocycles. The Kier molecular flexibility index (Phi) is 5.24. The molecule has 1 fully saturated rings. The van der Waals surface area contributed by atoms with E-state index in [9.17, 15) is 0 Å². The van der Waals surface area contributed by atoms with Crippen LogP contribution in [0.4, 0.5) is 0 Å². The van der Waals surface area contributed by atoms with E-state index in [1.165, 1.54) is 24.4 Å². The first-order chi connectivity index (χ1) is 11.0. The second kappa shape index (κ2) is 7.20. The molecule has 0 radical (unpaired) electrons. The number of hydrogen-bond acceptors (Lipinski definition) is 4. The van der Waals surface area contributed by atoms with E-state index >= 15 is 0 Å². The minimum absolute atomic E-state index is 0.705. The molecule has 124 valence electrons. The predicted molar refractivity (Wildman–Crippen MR) is 97.3 cm³/mol. The predicted octanol–water partition coefficient (Wildman–Crippen LogP) is 4.95. The van der Waals surface area contributed by atoms with Gasteiger partial charge in [0.1, 0.15) is 10.8 Å². The van der Waals surface area contributed by atoms with Crippen molar-refractivity contribution in [2.75, 3.05) is 20.2 Å². The van der Waals surface area contributed by atoms with Crippen LogP contribution in [0.2, 0.25) is 5.02 Å². The topological polar surface area (TPSA) is 25.4 Å². The molecule has 2 aromatic rings. The molecule has 1 aliphatic rings. The third kappa shape index (κ3) is 4.06. The maximum absolute atomic E-state index is 6.13. The molecule has 1 unspecified atom stereocenters. The van der Waals surface area contributed by atoms with Gasteiger partial charge in [-0.2, -0.15) is 0 Å². The summed E-state index contributed by atoms with van der Waals surface area (Å²) in [7, 11) is 1.68. The standard InChI is InChI=1S/C18H23ClN2OS/c1-12-6-13(2)10-21(9-12)11-15-8-20-18(23-15)16-7-14(19)4-5-17(16)22-3/h4-5,7-8,12-13H,6,9-11H2,1-3H3/t12-,13?/m1/s1. The Morgan fingerprint density at radius 3 is 2.74 bits per heavy atom. The quantitative estimate of drug-likeness (QED) is 0.780. The molecule has 0 aliphatic carbocycles. The van der Waals surface area contributed by atoms with Gasteiger partial charge in [-0.05, 0) is 36.5 Å². The zero-order valence-corrected chi connectivity index (χ0v) is 15.5. The molecular weight excluding hydrogens is 328 g/mol. The van der Waals surface area contributed by atoms with E-state index in [-0.39, 0.29) is 0 Å². The van der Waals surface area contributed by atoms with Crippen molar-refractivity contribution in [3.05, 3.63) is 34.3 Å². The Hall–Kier alpha value is -1.10. The molecule has 1 aliphatic heterocycles. The van der Waals surface area contributed by atoms with Crippen LogP contribution in [-0.2, 0) is 6.54 Å². The number of aromatic nitrogens is 1. The molecule has 0 spiro atoms. The van der Waals surface area contributed by atoms with E-state index < -0.39 is 0 Å². The highest BCUT2D eigenvalue weighted by molar-refractivity contribution is 7.15. The summed E-state index contributed by atoms with van der Waals surface area (Å²) >= 11 is 7.86. The van der Waals surface area contributed by atoms with Crippen molar-refractivity contribution in [1.82, 2.24) is 9.88 Å². The average Bonchev–Trinajstić information content (AvgIpc) is 2.94. The fraction of sp³-hybridized carbons (Fsp3) is 0.500. The molecule has 3 nitrogen and oxygen atoms in total. The van der Waals surface area contributed by atoms with Gasteiger partial charge in [-0.15, -0.1) is 11.3 Å². The molecule has 3 rings (SSSR count). The largest absolute Gasteiger partial charge is 0.496 e. The molecule has 0 amide bonds. The minimum Gasteiger partial charge on any atom is -0.496 e. The van der Waals surface area contributed by atoms with Crippen molar-refractivity contribution < 1.29 is 4.74 Å². The lowest BCUT2D eigenvalue weighted by Crippen LogP contribution is -2.37. The van der Waals surface area contributed by atoms with Crippen LogP contribution in [0.25, 0.3) is 10.6 Å². The Bertz CT molecular complexity index is 663. The first kappa shape index (κ1) is 16.7. The number of methoxy groups -OCH3 is 1. The highest BCUT2D eigenvalue weighted by Gasteiger charge is 2.22. The summed E-state index contributed by atoms with van der Waals surface area (Å²) in [5.41, 5.74) is 0.969. The van der Waals surface area contributed by atoms with Gasteiger partial charge in [-0.3, -0.25) is 4.90 Å². The summed E-state index contributed by atoms with van der Waals surface area (Å²) < 4.78 is 5.44. The van der Waals surface area contributed by atoms with Gasteiger partial charge in [-0.1, -0.05) is 25.4 Å². The lowest BCUT2D eigenvalue weighted by molar-refractivity contribution is 0.135. The highest BCUT2D eigenvalue weighted by Crippen LogP contribution is 2.35. The molecule has 0 bridgehead atoms. The molecule has 0 N–H and O–H groups in total. The molecular formula is C18H23ClN2OS. The van der Waals surface area contributed by atoms with Gasteiger partial charge in [-0.25, -0.2) is 4.98 Å². The summed E-state index contributed by atoms with van der Waals surface area (Å²) in [4.78, 5) is 8.43. The van der Waals surface area contributed by atoms with Crippen LogP contribution in [0.3, 0.4) is 0 Å². The van der Waals surface area contributed by atoms with Crippen molar-refractivity contribution in [3.63, 3.8) is 0 Å². The minimum atomic E-state index is 0.705. The first-order valence-electron chi connectivity index (χ1n) is 8.06. The number of ether oxygens (including phenoxy) is 1. The van der Waals surface area contributed by atoms with Gasteiger partial charge in [0.25, 0.3) is 0 Å². The lowest BCUT2D eigenvalue weighted by atomic mass is 9.92. The number of likely N-dealkylation sites (tertiary alicyclic amines) is 1. The number of rotatable bonds is 4. The molecule has 5 heteroatoms. The molecule has 2 atom stereocenters. The number of hydrogen-bond donors (Lipinski definition) is 0. The normalized spacial score (nSPS) is 22.3. The summed E-state index contributed by atoms with van der Waals surface area (Å²) in [6.45, 7) is 8.03. The van der Waals surface area contributed by atoms with Crippen molar-refractivity contribution in [2.24, 2.45) is 11.8 Å². The monoisotopic (exact) mass is 350 g/mol. The summed E-state index contributed by atoms with van der Waals surface area (Å²) in [5, 5.41) is 1.67. The number of halogens is 1. The molecule has 0 saturated carbocycles. The van der Waals surface area contributed by atoms with Gasteiger partial charge >= 0.3 is 0 Å². The SMILES string of the molecule is COc1ccc(Cl)cc1-c1ncc(CN2CC(C)C[C@@H](C)C2)s1. The third-order valence-electron chi connectivity index (χ3n) is 4.27. The Balaban J connectivity index is 1.77. The second-order valence-corrected chi connectivity index (χ2v) is 8.17. The van der Waals surface area contributed by atoms with Gasteiger partial charge < -0.3 is 4.74 Å². The zero-order chi connectivity index (χ0) is 16.4. The maximum Gasteiger partial charge on any atom is 0.129 e. The second-order valence-electron chi connectivity index (χ2n) is 6.62. The zero-order valence-electron chi connectivity index (χ0n) is 13.9. The summed E-state index contributed by atoms with van der Waals surface area (Å²) in [6, 6.07) is 5.66. The fourth-order valence-electron chi connectivity index (χ4n) is 3.49.